The summed E-state index contributed by atoms with van der Waals surface area (Å²) in [6.07, 6.45) is 0.898. The summed E-state index contributed by atoms with van der Waals surface area (Å²) < 4.78 is 10.9. The van der Waals surface area contributed by atoms with E-state index >= 15 is 0 Å². The lowest BCUT2D eigenvalue weighted by molar-refractivity contribution is 0.0320. The van der Waals surface area contributed by atoms with E-state index in [2.05, 4.69) is 46.5 Å². The van der Waals surface area contributed by atoms with Crippen LogP contribution in [0, 0.1) is 12.8 Å². The molecule has 1 atom stereocenters. The third kappa shape index (κ3) is 6.84. The molecule has 0 spiro atoms. The largest absolute Gasteiger partial charge is 0.496 e. The monoisotopic (exact) mass is 362 g/mol. The molecule has 1 heterocycles. The van der Waals surface area contributed by atoms with Gasteiger partial charge in [-0.2, -0.15) is 0 Å². The van der Waals surface area contributed by atoms with Crippen molar-refractivity contribution in [3.05, 3.63) is 29.3 Å². The Morgan fingerprint density at radius 2 is 2.08 bits per heavy atom. The van der Waals surface area contributed by atoms with Crippen LogP contribution >= 0.6 is 0 Å². The third-order valence-corrected chi connectivity index (χ3v) is 4.64. The second kappa shape index (κ2) is 11.0. The topological polar surface area (TPSA) is 58.1 Å². The molecule has 1 aromatic rings. The molecule has 0 bridgehead atoms. The number of aryl methyl sites for hydroxylation is 1. The van der Waals surface area contributed by atoms with Crippen LogP contribution in [0.25, 0.3) is 0 Å². The van der Waals surface area contributed by atoms with Gasteiger partial charge < -0.3 is 20.1 Å². The van der Waals surface area contributed by atoms with Gasteiger partial charge in [-0.25, -0.2) is 0 Å². The third-order valence-electron chi connectivity index (χ3n) is 4.64. The number of hydrogen-bond acceptors (Lipinski definition) is 4. The average molecular weight is 363 g/mol. The summed E-state index contributed by atoms with van der Waals surface area (Å²) in [5.41, 5.74) is 2.47. The zero-order valence-corrected chi connectivity index (χ0v) is 16.7. The number of benzene rings is 1. The molecular formula is C20H34N4O2. The fraction of sp³-hybridized carbons (Fsp3) is 0.650. The zero-order chi connectivity index (χ0) is 18.8. The summed E-state index contributed by atoms with van der Waals surface area (Å²) in [7, 11) is 3.53. The maximum atomic E-state index is 5.45. The lowest BCUT2D eigenvalue weighted by Crippen LogP contribution is -2.44. The normalized spacial score (nSPS) is 17.0. The fourth-order valence-corrected chi connectivity index (χ4v) is 3.20. The molecule has 0 saturated carbocycles. The van der Waals surface area contributed by atoms with Crippen LogP contribution in [0.1, 0.15) is 18.1 Å². The molecule has 1 unspecified atom stereocenters. The van der Waals surface area contributed by atoms with Crippen LogP contribution in [0.5, 0.6) is 5.75 Å². The number of ether oxygens (including phenoxy) is 2. The van der Waals surface area contributed by atoms with Gasteiger partial charge in [0.2, 0.25) is 0 Å². The lowest BCUT2D eigenvalue weighted by atomic mass is 10.1. The molecule has 1 fully saturated rings. The van der Waals surface area contributed by atoms with Crippen LogP contribution in [0.2, 0.25) is 0 Å². The van der Waals surface area contributed by atoms with E-state index < -0.39 is 0 Å². The number of hydrogen-bond donors (Lipinski definition) is 2. The predicted octanol–water partition coefficient (Wildman–Crippen LogP) is 1.68. The molecule has 0 aromatic heterocycles. The summed E-state index contributed by atoms with van der Waals surface area (Å²) in [5.74, 6) is 2.36. The van der Waals surface area contributed by atoms with Crippen LogP contribution in [0.15, 0.2) is 23.2 Å². The van der Waals surface area contributed by atoms with Crippen molar-refractivity contribution in [2.45, 2.75) is 20.3 Å². The van der Waals surface area contributed by atoms with Crippen molar-refractivity contribution in [2.24, 2.45) is 10.9 Å². The van der Waals surface area contributed by atoms with E-state index in [-0.39, 0.29) is 0 Å². The highest BCUT2D eigenvalue weighted by Crippen LogP contribution is 2.19. The zero-order valence-electron chi connectivity index (χ0n) is 16.7. The molecular weight excluding hydrogens is 328 g/mol. The maximum absolute atomic E-state index is 5.45. The van der Waals surface area contributed by atoms with Crippen LogP contribution in [0.3, 0.4) is 0 Å². The first kappa shape index (κ1) is 20.5. The Bertz CT molecular complexity index is 571. The minimum atomic E-state index is 0.559. The molecule has 0 radical (unpaired) electrons. The molecule has 146 valence electrons. The minimum absolute atomic E-state index is 0.559. The number of aliphatic imine (C=N–C) groups is 1. The number of guanidine groups is 1. The van der Waals surface area contributed by atoms with Crippen molar-refractivity contribution >= 4 is 5.96 Å². The molecule has 0 amide bonds. The highest BCUT2D eigenvalue weighted by atomic mass is 16.5. The summed E-state index contributed by atoms with van der Waals surface area (Å²) in [6, 6.07) is 6.29. The number of rotatable bonds is 8. The Morgan fingerprint density at radius 3 is 2.77 bits per heavy atom. The standard InChI is InChI=1S/C20H34N4O2/c1-16-5-6-19(25-4)18(13-16)7-8-22-20(21-3)23-14-17(2)15-24-9-11-26-12-10-24/h5-6,13,17H,7-12,14-15H2,1-4H3,(H2,21,22,23). The van der Waals surface area contributed by atoms with Gasteiger partial charge >= 0.3 is 0 Å². The molecule has 6 nitrogen and oxygen atoms in total. The fourth-order valence-electron chi connectivity index (χ4n) is 3.20. The molecule has 1 saturated heterocycles. The second-order valence-corrected chi connectivity index (χ2v) is 6.96. The van der Waals surface area contributed by atoms with Crippen molar-refractivity contribution in [3.8, 4) is 5.75 Å². The summed E-state index contributed by atoms with van der Waals surface area (Å²) in [5, 5.41) is 6.83. The predicted molar refractivity (Wildman–Crippen MR) is 107 cm³/mol. The first-order chi connectivity index (χ1) is 12.6. The Morgan fingerprint density at radius 1 is 1.31 bits per heavy atom. The van der Waals surface area contributed by atoms with E-state index in [1.807, 2.05) is 13.1 Å². The van der Waals surface area contributed by atoms with E-state index in [0.29, 0.717) is 5.92 Å². The van der Waals surface area contributed by atoms with Gasteiger partial charge in [0.15, 0.2) is 5.96 Å². The first-order valence-corrected chi connectivity index (χ1v) is 9.50. The Hall–Kier alpha value is -1.79. The quantitative estimate of drug-likeness (QED) is 0.544. The van der Waals surface area contributed by atoms with Crippen molar-refractivity contribution < 1.29 is 9.47 Å². The molecule has 2 rings (SSSR count). The van der Waals surface area contributed by atoms with Gasteiger partial charge in [0.25, 0.3) is 0 Å². The average Bonchev–Trinajstić information content (AvgIpc) is 2.65. The van der Waals surface area contributed by atoms with Crippen LogP contribution in [-0.4, -0.2) is 71.0 Å². The van der Waals surface area contributed by atoms with Gasteiger partial charge in [-0.05, 0) is 30.9 Å². The molecule has 1 aliphatic rings. The molecule has 1 aromatic carbocycles. The molecule has 26 heavy (non-hydrogen) atoms. The van der Waals surface area contributed by atoms with E-state index in [1.165, 1.54) is 11.1 Å². The Balaban J connectivity index is 1.71. The summed E-state index contributed by atoms with van der Waals surface area (Å²) in [4.78, 5) is 6.80. The highest BCUT2D eigenvalue weighted by molar-refractivity contribution is 5.79. The molecule has 6 heteroatoms. The summed E-state index contributed by atoms with van der Waals surface area (Å²) >= 11 is 0. The highest BCUT2D eigenvalue weighted by Gasteiger charge is 2.14. The number of nitrogens with one attached hydrogen (secondary N) is 2. The van der Waals surface area contributed by atoms with Crippen molar-refractivity contribution in [1.29, 1.82) is 0 Å². The van der Waals surface area contributed by atoms with Crippen LogP contribution in [0.4, 0.5) is 0 Å². The van der Waals surface area contributed by atoms with Crippen molar-refractivity contribution in [3.63, 3.8) is 0 Å². The smallest absolute Gasteiger partial charge is 0.190 e. The van der Waals surface area contributed by atoms with E-state index in [1.54, 1.807) is 7.11 Å². The molecule has 0 aliphatic carbocycles. The number of nitrogens with zero attached hydrogens (tertiary/aromatic N) is 2. The lowest BCUT2D eigenvalue weighted by Gasteiger charge is -2.29. The van der Waals surface area contributed by atoms with E-state index in [4.69, 9.17) is 9.47 Å². The van der Waals surface area contributed by atoms with Gasteiger partial charge in [0.05, 0.1) is 20.3 Å². The Labute approximate surface area is 158 Å². The maximum Gasteiger partial charge on any atom is 0.190 e. The number of methoxy groups -OCH3 is 1. The number of morpholine rings is 1. The summed E-state index contributed by atoms with van der Waals surface area (Å²) in [6.45, 7) is 11.0. The molecule has 2 N–H and O–H groups in total. The van der Waals surface area contributed by atoms with Crippen molar-refractivity contribution in [1.82, 2.24) is 15.5 Å². The van der Waals surface area contributed by atoms with Crippen molar-refractivity contribution in [2.75, 3.05) is 60.1 Å². The Kier molecular flexibility index (Phi) is 8.71. The second-order valence-electron chi connectivity index (χ2n) is 6.96. The van der Waals surface area contributed by atoms with Gasteiger partial charge in [-0.3, -0.25) is 9.89 Å². The molecule has 1 aliphatic heterocycles. The van der Waals surface area contributed by atoms with E-state index in [9.17, 15) is 0 Å². The van der Waals surface area contributed by atoms with Crippen LogP contribution in [-0.2, 0) is 11.2 Å². The van der Waals surface area contributed by atoms with E-state index in [0.717, 1.165) is 64.1 Å². The minimum Gasteiger partial charge on any atom is -0.496 e. The van der Waals surface area contributed by atoms with Crippen LogP contribution < -0.4 is 15.4 Å². The first-order valence-electron chi connectivity index (χ1n) is 9.50. The van der Waals surface area contributed by atoms with Gasteiger partial charge in [0.1, 0.15) is 5.75 Å². The van der Waals surface area contributed by atoms with Gasteiger partial charge in [-0.1, -0.05) is 24.6 Å². The van der Waals surface area contributed by atoms with Gasteiger partial charge in [0, 0.05) is 39.8 Å². The SMILES string of the molecule is CN=C(NCCc1cc(C)ccc1OC)NCC(C)CN1CCOCC1. The van der Waals surface area contributed by atoms with Gasteiger partial charge in [-0.15, -0.1) is 0 Å².